The molecule has 1 N–H and O–H groups in total. The average molecular weight is 331 g/mol. The van der Waals surface area contributed by atoms with E-state index < -0.39 is 10.0 Å². The maximum Gasteiger partial charge on any atom is 0.244 e. The molecule has 1 fully saturated rings. The smallest absolute Gasteiger partial charge is 0.244 e. The van der Waals surface area contributed by atoms with Crippen molar-refractivity contribution in [1.82, 2.24) is 4.31 Å². The van der Waals surface area contributed by atoms with E-state index in [0.717, 1.165) is 19.3 Å². The van der Waals surface area contributed by atoms with Crippen LogP contribution in [0.2, 0.25) is 0 Å². The zero-order valence-electron chi connectivity index (χ0n) is 12.5. The Bertz CT molecular complexity index is 575. The molecule has 21 heavy (non-hydrogen) atoms. The SMILES string of the molecule is CN(C)S(=O)(=O)c1ccccc1NC1CCCCC1CCl. The van der Waals surface area contributed by atoms with E-state index in [2.05, 4.69) is 5.32 Å². The summed E-state index contributed by atoms with van der Waals surface area (Å²) >= 11 is 6.05. The van der Waals surface area contributed by atoms with Gasteiger partial charge in [-0.25, -0.2) is 12.7 Å². The van der Waals surface area contributed by atoms with Crippen LogP contribution < -0.4 is 5.32 Å². The number of hydrogen-bond donors (Lipinski definition) is 1. The Balaban J connectivity index is 2.28. The van der Waals surface area contributed by atoms with Gasteiger partial charge >= 0.3 is 0 Å². The topological polar surface area (TPSA) is 49.4 Å². The third kappa shape index (κ3) is 3.71. The largest absolute Gasteiger partial charge is 0.381 e. The number of halogens is 1. The number of alkyl halides is 1. The Morgan fingerprint density at radius 3 is 2.57 bits per heavy atom. The van der Waals surface area contributed by atoms with Crippen molar-refractivity contribution in [2.75, 3.05) is 25.3 Å². The van der Waals surface area contributed by atoms with Gasteiger partial charge in [-0.05, 0) is 30.9 Å². The van der Waals surface area contributed by atoms with Gasteiger partial charge in [-0.15, -0.1) is 11.6 Å². The van der Waals surface area contributed by atoms with E-state index in [1.165, 1.54) is 10.7 Å². The molecule has 1 aliphatic carbocycles. The first-order valence-corrected chi connectivity index (χ1v) is 9.28. The third-order valence-corrected chi connectivity index (χ3v) is 6.36. The van der Waals surface area contributed by atoms with Gasteiger partial charge in [-0.1, -0.05) is 25.0 Å². The molecule has 0 bridgehead atoms. The predicted octanol–water partition coefficient (Wildman–Crippen LogP) is 3.15. The van der Waals surface area contributed by atoms with Crippen molar-refractivity contribution < 1.29 is 8.42 Å². The highest BCUT2D eigenvalue weighted by molar-refractivity contribution is 7.89. The number of rotatable bonds is 5. The summed E-state index contributed by atoms with van der Waals surface area (Å²) in [6.45, 7) is 0. The second-order valence-electron chi connectivity index (χ2n) is 5.73. The van der Waals surface area contributed by atoms with E-state index in [-0.39, 0.29) is 6.04 Å². The van der Waals surface area contributed by atoms with Gasteiger partial charge in [-0.3, -0.25) is 0 Å². The molecule has 0 heterocycles. The van der Waals surface area contributed by atoms with Gasteiger partial charge in [0, 0.05) is 26.0 Å². The summed E-state index contributed by atoms with van der Waals surface area (Å²) in [7, 11) is -0.345. The van der Waals surface area contributed by atoms with Gasteiger partial charge in [0.05, 0.1) is 5.69 Å². The monoisotopic (exact) mass is 330 g/mol. The van der Waals surface area contributed by atoms with Crippen molar-refractivity contribution >= 4 is 27.3 Å². The van der Waals surface area contributed by atoms with Gasteiger partial charge < -0.3 is 5.32 Å². The van der Waals surface area contributed by atoms with Crippen LogP contribution in [0.3, 0.4) is 0 Å². The maximum atomic E-state index is 12.4. The van der Waals surface area contributed by atoms with Crippen LogP contribution >= 0.6 is 11.6 Å². The molecule has 1 aliphatic rings. The summed E-state index contributed by atoms with van der Waals surface area (Å²) in [6, 6.07) is 7.33. The zero-order chi connectivity index (χ0) is 15.5. The second kappa shape index (κ2) is 6.99. The normalized spacial score (nSPS) is 23.2. The number of nitrogens with one attached hydrogen (secondary N) is 1. The van der Waals surface area contributed by atoms with Crippen LogP contribution in [0.1, 0.15) is 25.7 Å². The minimum absolute atomic E-state index is 0.245. The molecular formula is C15H23ClN2O2S. The molecule has 0 amide bonds. The van der Waals surface area contributed by atoms with E-state index in [1.54, 1.807) is 26.2 Å². The van der Waals surface area contributed by atoms with Gasteiger partial charge in [0.25, 0.3) is 0 Å². The standard InChI is InChI=1S/C15H23ClN2O2S/c1-18(2)21(19,20)15-10-6-5-9-14(15)17-13-8-4-3-7-12(13)11-16/h5-6,9-10,12-13,17H,3-4,7-8,11H2,1-2H3. The molecule has 6 heteroatoms. The fraction of sp³-hybridized carbons (Fsp3) is 0.600. The highest BCUT2D eigenvalue weighted by Gasteiger charge is 2.27. The van der Waals surface area contributed by atoms with Gasteiger partial charge in [-0.2, -0.15) is 0 Å². The molecule has 2 atom stereocenters. The van der Waals surface area contributed by atoms with Gasteiger partial charge in [0.1, 0.15) is 4.90 Å². The molecule has 0 spiro atoms. The lowest BCUT2D eigenvalue weighted by atomic mass is 9.85. The lowest BCUT2D eigenvalue weighted by molar-refractivity contribution is 0.353. The van der Waals surface area contributed by atoms with E-state index in [9.17, 15) is 8.42 Å². The summed E-state index contributed by atoms with van der Waals surface area (Å²) < 4.78 is 26.1. The molecule has 118 valence electrons. The van der Waals surface area contributed by atoms with Crippen molar-refractivity contribution in [3.05, 3.63) is 24.3 Å². The molecule has 1 aromatic carbocycles. The third-order valence-electron chi connectivity index (χ3n) is 4.09. The predicted molar refractivity (Wildman–Crippen MR) is 87.4 cm³/mol. The first kappa shape index (κ1) is 16.6. The molecule has 2 unspecified atom stereocenters. The van der Waals surface area contributed by atoms with Crippen LogP contribution in [-0.4, -0.2) is 38.7 Å². The quantitative estimate of drug-likeness (QED) is 0.844. The minimum Gasteiger partial charge on any atom is -0.381 e. The minimum atomic E-state index is -3.44. The maximum absolute atomic E-state index is 12.4. The molecule has 0 aliphatic heterocycles. The van der Waals surface area contributed by atoms with E-state index >= 15 is 0 Å². The Kier molecular flexibility index (Phi) is 5.52. The number of sulfonamides is 1. The first-order chi connectivity index (χ1) is 9.96. The Morgan fingerprint density at radius 1 is 1.24 bits per heavy atom. The number of benzene rings is 1. The summed E-state index contributed by atoms with van der Waals surface area (Å²) in [5, 5.41) is 3.42. The van der Waals surface area contributed by atoms with Crippen LogP contribution in [0, 0.1) is 5.92 Å². The molecular weight excluding hydrogens is 308 g/mol. The second-order valence-corrected chi connectivity index (χ2v) is 8.16. The average Bonchev–Trinajstić information content (AvgIpc) is 2.48. The lowest BCUT2D eigenvalue weighted by Gasteiger charge is -2.32. The van der Waals surface area contributed by atoms with Crippen LogP contribution in [0.15, 0.2) is 29.2 Å². The summed E-state index contributed by atoms with van der Waals surface area (Å²) in [5.74, 6) is 1.01. The number of anilines is 1. The van der Waals surface area contributed by atoms with Crippen molar-refractivity contribution in [2.45, 2.75) is 36.6 Å². The van der Waals surface area contributed by atoms with Crippen LogP contribution in [-0.2, 0) is 10.0 Å². The van der Waals surface area contributed by atoms with E-state index in [0.29, 0.717) is 22.4 Å². The highest BCUT2D eigenvalue weighted by Crippen LogP contribution is 2.31. The van der Waals surface area contributed by atoms with Crippen molar-refractivity contribution in [1.29, 1.82) is 0 Å². The summed E-state index contributed by atoms with van der Waals surface area (Å²) in [5.41, 5.74) is 0.674. The van der Waals surface area contributed by atoms with Crippen LogP contribution in [0.4, 0.5) is 5.69 Å². The number of para-hydroxylation sites is 1. The van der Waals surface area contributed by atoms with Crippen LogP contribution in [0.5, 0.6) is 0 Å². The fourth-order valence-corrected chi connectivity index (χ4v) is 4.21. The molecule has 0 aromatic heterocycles. The molecule has 0 saturated heterocycles. The molecule has 0 radical (unpaired) electrons. The highest BCUT2D eigenvalue weighted by atomic mass is 35.5. The Morgan fingerprint density at radius 2 is 1.90 bits per heavy atom. The summed E-state index contributed by atoms with van der Waals surface area (Å²) in [6.07, 6.45) is 4.50. The lowest BCUT2D eigenvalue weighted by Crippen LogP contribution is -2.34. The number of hydrogen-bond acceptors (Lipinski definition) is 3. The number of nitrogens with zero attached hydrogens (tertiary/aromatic N) is 1. The first-order valence-electron chi connectivity index (χ1n) is 7.31. The Hall–Kier alpha value is -0.780. The van der Waals surface area contributed by atoms with Crippen molar-refractivity contribution in [3.8, 4) is 0 Å². The molecule has 4 nitrogen and oxygen atoms in total. The van der Waals surface area contributed by atoms with Crippen LogP contribution in [0.25, 0.3) is 0 Å². The van der Waals surface area contributed by atoms with Crippen molar-refractivity contribution in [2.24, 2.45) is 5.92 Å². The molecule has 1 saturated carbocycles. The fourth-order valence-electron chi connectivity index (χ4n) is 2.79. The van der Waals surface area contributed by atoms with Gasteiger partial charge in [0.2, 0.25) is 10.0 Å². The van der Waals surface area contributed by atoms with Gasteiger partial charge in [0.15, 0.2) is 0 Å². The zero-order valence-corrected chi connectivity index (χ0v) is 14.1. The van der Waals surface area contributed by atoms with E-state index in [4.69, 9.17) is 11.6 Å². The molecule has 1 aromatic rings. The van der Waals surface area contributed by atoms with Crippen molar-refractivity contribution in [3.63, 3.8) is 0 Å². The van der Waals surface area contributed by atoms with E-state index in [1.807, 2.05) is 12.1 Å². The Labute approximate surface area is 132 Å². The molecule has 2 rings (SSSR count). The summed E-state index contributed by atoms with van der Waals surface area (Å²) in [4.78, 5) is 0.328.